The first kappa shape index (κ1) is 13.6. The lowest BCUT2D eigenvalue weighted by Crippen LogP contribution is -2.29. The van der Waals surface area contributed by atoms with Gasteiger partial charge in [-0.1, -0.05) is 24.3 Å². The van der Waals surface area contributed by atoms with Crippen molar-refractivity contribution in [1.29, 1.82) is 0 Å². The number of aryl methyl sites for hydroxylation is 1. The summed E-state index contributed by atoms with van der Waals surface area (Å²) in [5.41, 5.74) is 0.468. The first-order valence-corrected chi connectivity index (χ1v) is 6.49. The van der Waals surface area contributed by atoms with Crippen LogP contribution in [0.15, 0.2) is 42.7 Å². The fourth-order valence-electron chi connectivity index (χ4n) is 2.09. The van der Waals surface area contributed by atoms with E-state index in [4.69, 9.17) is 14.8 Å². The summed E-state index contributed by atoms with van der Waals surface area (Å²) in [6.45, 7) is 0.343. The van der Waals surface area contributed by atoms with E-state index in [0.717, 1.165) is 22.3 Å². The topological polar surface area (TPSA) is 80.4 Å². The average molecular weight is 283 g/mol. The maximum Gasteiger partial charge on any atom is 0.488 e. The highest BCUT2D eigenvalue weighted by molar-refractivity contribution is 6.58. The normalized spacial score (nSPS) is 10.8. The fraction of sp³-hybridized carbons (Fsp3) is 0.143. The van der Waals surface area contributed by atoms with Crippen molar-refractivity contribution in [2.45, 2.75) is 6.61 Å². The lowest BCUT2D eigenvalue weighted by atomic mass is 9.79. The Morgan fingerprint density at radius 2 is 1.90 bits per heavy atom. The minimum Gasteiger partial charge on any atom is -0.486 e. The van der Waals surface area contributed by atoms with Crippen LogP contribution >= 0.6 is 0 Å². The maximum absolute atomic E-state index is 9.17. The summed E-state index contributed by atoms with van der Waals surface area (Å²) >= 11 is 0. The Kier molecular flexibility index (Phi) is 3.59. The molecule has 7 heteroatoms. The van der Waals surface area contributed by atoms with E-state index in [1.54, 1.807) is 16.8 Å². The first-order valence-electron chi connectivity index (χ1n) is 6.49. The molecule has 3 aromatic rings. The Balaban J connectivity index is 1.81. The van der Waals surface area contributed by atoms with Crippen molar-refractivity contribution < 1.29 is 14.8 Å². The maximum atomic E-state index is 9.17. The second kappa shape index (κ2) is 5.55. The highest BCUT2D eigenvalue weighted by Crippen LogP contribution is 2.20. The molecule has 0 aliphatic carbocycles. The van der Waals surface area contributed by atoms with Gasteiger partial charge in [0.2, 0.25) is 0 Å². The van der Waals surface area contributed by atoms with Gasteiger partial charge in [-0.15, -0.1) is 0 Å². The Hall–Kier alpha value is -2.38. The second-order valence-electron chi connectivity index (χ2n) is 4.73. The Labute approximate surface area is 121 Å². The van der Waals surface area contributed by atoms with Crippen molar-refractivity contribution in [2.24, 2.45) is 7.05 Å². The van der Waals surface area contributed by atoms with E-state index in [9.17, 15) is 0 Å². The number of rotatable bonds is 4. The lowest BCUT2D eigenvalue weighted by Gasteiger charge is -2.08. The molecule has 0 spiro atoms. The molecule has 3 rings (SSSR count). The van der Waals surface area contributed by atoms with Gasteiger partial charge in [-0.3, -0.25) is 4.68 Å². The summed E-state index contributed by atoms with van der Waals surface area (Å²) in [5, 5.41) is 24.2. The van der Waals surface area contributed by atoms with E-state index in [0.29, 0.717) is 12.1 Å². The van der Waals surface area contributed by atoms with Crippen LogP contribution < -0.4 is 10.2 Å². The minimum absolute atomic E-state index is 0.343. The van der Waals surface area contributed by atoms with Crippen molar-refractivity contribution in [3.05, 3.63) is 48.5 Å². The monoisotopic (exact) mass is 283 g/mol. The second-order valence-corrected chi connectivity index (χ2v) is 4.73. The molecule has 0 saturated heterocycles. The van der Waals surface area contributed by atoms with Crippen LogP contribution in [0.1, 0.15) is 5.82 Å². The smallest absolute Gasteiger partial charge is 0.486 e. The molecule has 6 nitrogen and oxygen atoms in total. The fourth-order valence-corrected chi connectivity index (χ4v) is 2.09. The molecule has 1 heterocycles. The summed E-state index contributed by atoms with van der Waals surface area (Å²) in [7, 11) is 0.356. The number of hydrogen-bond donors (Lipinski definition) is 2. The molecule has 2 aromatic carbocycles. The van der Waals surface area contributed by atoms with Crippen LogP contribution in [0.4, 0.5) is 0 Å². The van der Waals surface area contributed by atoms with Gasteiger partial charge in [0.05, 0.1) is 0 Å². The zero-order valence-electron chi connectivity index (χ0n) is 11.5. The highest BCUT2D eigenvalue weighted by atomic mass is 16.5. The van der Waals surface area contributed by atoms with Crippen LogP contribution in [-0.4, -0.2) is 31.9 Å². The SMILES string of the molecule is Cn1ncnc1COc1ccc2cc(B(O)O)ccc2c1. The van der Waals surface area contributed by atoms with Crippen LogP contribution in [0.25, 0.3) is 10.8 Å². The zero-order valence-corrected chi connectivity index (χ0v) is 11.5. The highest BCUT2D eigenvalue weighted by Gasteiger charge is 2.11. The van der Waals surface area contributed by atoms with Crippen molar-refractivity contribution in [3.8, 4) is 5.75 Å². The predicted octanol–water partition coefficient (Wildman–Crippen LogP) is 0.227. The number of fused-ring (bicyclic) bond motifs is 1. The van der Waals surface area contributed by atoms with E-state index in [1.165, 1.54) is 6.33 Å². The third-order valence-electron chi connectivity index (χ3n) is 3.31. The summed E-state index contributed by atoms with van der Waals surface area (Å²) < 4.78 is 7.36. The third-order valence-corrected chi connectivity index (χ3v) is 3.31. The molecule has 0 atom stereocenters. The van der Waals surface area contributed by atoms with Gasteiger partial charge in [0.1, 0.15) is 18.7 Å². The molecular weight excluding hydrogens is 269 g/mol. The molecule has 0 saturated carbocycles. The quantitative estimate of drug-likeness (QED) is 0.670. The van der Waals surface area contributed by atoms with Crippen molar-refractivity contribution >= 4 is 23.4 Å². The summed E-state index contributed by atoms with van der Waals surface area (Å²) in [5.74, 6) is 1.47. The summed E-state index contributed by atoms with van der Waals surface area (Å²) in [6.07, 6.45) is 1.49. The Morgan fingerprint density at radius 3 is 2.62 bits per heavy atom. The zero-order chi connectivity index (χ0) is 14.8. The molecular formula is C14H14BN3O3. The molecule has 0 radical (unpaired) electrons. The van der Waals surface area contributed by atoms with E-state index in [1.807, 2.05) is 31.3 Å². The predicted molar refractivity (Wildman–Crippen MR) is 79.1 cm³/mol. The molecule has 0 unspecified atom stereocenters. The summed E-state index contributed by atoms with van der Waals surface area (Å²) in [6, 6.07) is 10.9. The van der Waals surface area contributed by atoms with Crippen molar-refractivity contribution in [2.75, 3.05) is 0 Å². The molecule has 0 aliphatic rings. The minimum atomic E-state index is -1.46. The number of ether oxygens (including phenoxy) is 1. The molecule has 106 valence electrons. The van der Waals surface area contributed by atoms with Crippen LogP contribution in [-0.2, 0) is 13.7 Å². The van der Waals surface area contributed by atoms with Crippen LogP contribution in [0, 0.1) is 0 Å². The number of nitrogens with zero attached hydrogens (tertiary/aromatic N) is 3. The van der Waals surface area contributed by atoms with Crippen LogP contribution in [0.5, 0.6) is 5.75 Å². The molecule has 0 aliphatic heterocycles. The number of benzene rings is 2. The number of hydrogen-bond acceptors (Lipinski definition) is 5. The van der Waals surface area contributed by atoms with Crippen molar-refractivity contribution in [1.82, 2.24) is 14.8 Å². The van der Waals surface area contributed by atoms with Gasteiger partial charge in [-0.25, -0.2) is 4.98 Å². The van der Waals surface area contributed by atoms with Crippen LogP contribution in [0.3, 0.4) is 0 Å². The van der Waals surface area contributed by atoms with Gasteiger partial charge in [-0.05, 0) is 28.4 Å². The Morgan fingerprint density at radius 1 is 1.14 bits per heavy atom. The first-order chi connectivity index (χ1) is 10.1. The average Bonchev–Trinajstić information content (AvgIpc) is 2.89. The molecule has 1 aromatic heterocycles. The van der Waals surface area contributed by atoms with Gasteiger partial charge in [-0.2, -0.15) is 5.10 Å². The Bertz CT molecular complexity index is 773. The van der Waals surface area contributed by atoms with E-state index >= 15 is 0 Å². The van der Waals surface area contributed by atoms with Crippen molar-refractivity contribution in [3.63, 3.8) is 0 Å². The number of aromatic nitrogens is 3. The molecule has 0 bridgehead atoms. The van der Waals surface area contributed by atoms with Gasteiger partial charge in [0, 0.05) is 7.05 Å². The largest absolute Gasteiger partial charge is 0.488 e. The third kappa shape index (κ3) is 2.88. The molecule has 2 N–H and O–H groups in total. The van der Waals surface area contributed by atoms with E-state index in [2.05, 4.69) is 10.1 Å². The van der Waals surface area contributed by atoms with E-state index < -0.39 is 7.12 Å². The molecule has 0 amide bonds. The summed E-state index contributed by atoms with van der Waals surface area (Å²) in [4.78, 5) is 4.10. The van der Waals surface area contributed by atoms with Gasteiger partial charge < -0.3 is 14.8 Å². The van der Waals surface area contributed by atoms with Crippen LogP contribution in [0.2, 0.25) is 0 Å². The van der Waals surface area contributed by atoms with Gasteiger partial charge in [0.25, 0.3) is 0 Å². The lowest BCUT2D eigenvalue weighted by molar-refractivity contribution is 0.290. The molecule has 21 heavy (non-hydrogen) atoms. The van der Waals surface area contributed by atoms with E-state index in [-0.39, 0.29) is 0 Å². The van der Waals surface area contributed by atoms with Gasteiger partial charge >= 0.3 is 7.12 Å². The molecule has 0 fully saturated rings. The standard InChI is InChI=1S/C14H14BN3O3/c1-18-14(16-9-17-18)8-21-13-5-3-10-6-12(15(19)20)4-2-11(10)7-13/h2-7,9,19-20H,8H2,1H3. The van der Waals surface area contributed by atoms with Gasteiger partial charge in [0.15, 0.2) is 5.82 Å².